The Labute approximate surface area is 83.4 Å². The van der Waals surface area contributed by atoms with Gasteiger partial charge in [-0.25, -0.2) is 4.39 Å². The molecule has 74 valence electrons. The summed E-state index contributed by atoms with van der Waals surface area (Å²) in [6, 6.07) is 1.51. The summed E-state index contributed by atoms with van der Waals surface area (Å²) in [6.45, 7) is 0. The van der Waals surface area contributed by atoms with E-state index in [1.54, 1.807) is 0 Å². The molecule has 6 atom stereocenters. The van der Waals surface area contributed by atoms with Gasteiger partial charge < -0.3 is 10.3 Å². The van der Waals surface area contributed by atoms with Crippen LogP contribution in [0.5, 0.6) is 0 Å². The molecule has 1 rings (SSSR count). The van der Waals surface area contributed by atoms with Crippen molar-refractivity contribution in [3.63, 3.8) is 0 Å². The summed E-state index contributed by atoms with van der Waals surface area (Å²) in [6.07, 6.45) is -4.02. The van der Waals surface area contributed by atoms with E-state index in [0.29, 0.717) is 0 Å². The molecule has 0 bridgehead atoms. The summed E-state index contributed by atoms with van der Waals surface area (Å²) < 4.78 is 26.0. The van der Waals surface area contributed by atoms with E-state index < -0.39 is 34.3 Å². The van der Waals surface area contributed by atoms with Gasteiger partial charge in [0.1, 0.15) is 17.5 Å². The van der Waals surface area contributed by atoms with Crippen molar-refractivity contribution in [1.29, 1.82) is 5.26 Å². The van der Waals surface area contributed by atoms with Crippen molar-refractivity contribution in [3.8, 4) is 6.07 Å². The number of quaternary nitrogens is 1. The van der Waals surface area contributed by atoms with Crippen LogP contribution in [0.25, 0.3) is 0 Å². The summed E-state index contributed by atoms with van der Waals surface area (Å²) in [5, 5.41) is 16.8. The van der Waals surface area contributed by atoms with Crippen LogP contribution in [0.3, 0.4) is 0 Å². The van der Waals surface area contributed by atoms with E-state index in [4.69, 9.17) is 28.5 Å². The number of halogens is 4. The van der Waals surface area contributed by atoms with Crippen molar-refractivity contribution in [2.24, 2.45) is 5.92 Å². The van der Waals surface area contributed by atoms with Crippen molar-refractivity contribution in [2.45, 2.75) is 23.3 Å². The second kappa shape index (κ2) is 3.93. The molecule has 7 heteroatoms. The predicted octanol–water partition coefficient (Wildman–Crippen LogP) is 0.328. The van der Waals surface area contributed by atoms with E-state index in [9.17, 15) is 14.0 Å². The lowest BCUT2D eigenvalue weighted by Gasteiger charge is -2.40. The van der Waals surface area contributed by atoms with E-state index in [1.807, 2.05) is 0 Å². The Morgan fingerprint density at radius 1 is 1.38 bits per heavy atom. The van der Waals surface area contributed by atoms with Crippen molar-refractivity contribution in [1.82, 2.24) is 0 Å². The topological polar surface area (TPSA) is 51.3 Å². The molecule has 1 N–H and O–H groups in total. The third kappa shape index (κ3) is 1.72. The molecule has 1 aliphatic heterocycles. The number of nitrogens with one attached hydrogen (secondary N) is 1. The van der Waals surface area contributed by atoms with Crippen LogP contribution in [-0.2, 0) is 0 Å². The quantitative estimate of drug-likeness (QED) is 0.371. The monoisotopic (exact) mass is 230 g/mol. The standard InChI is InChI=1S/C6H6Cl2F2N2O/c7-3-4(9)2(1-11)5(8)12(13)6(3)10/h2-6,12H. The van der Waals surface area contributed by atoms with Gasteiger partial charge in [-0.15, -0.1) is 11.6 Å². The maximum atomic E-state index is 13.1. The maximum absolute atomic E-state index is 13.1. The zero-order valence-electron chi connectivity index (χ0n) is 6.25. The van der Waals surface area contributed by atoms with Crippen molar-refractivity contribution >= 4 is 23.2 Å². The third-order valence-electron chi connectivity index (χ3n) is 1.93. The molecule has 0 aromatic carbocycles. The van der Waals surface area contributed by atoms with Crippen LogP contribution >= 0.6 is 23.2 Å². The van der Waals surface area contributed by atoms with Gasteiger partial charge in [0, 0.05) is 0 Å². The lowest BCUT2D eigenvalue weighted by molar-refractivity contribution is -0.913. The molecule has 3 nitrogen and oxygen atoms in total. The van der Waals surface area contributed by atoms with Gasteiger partial charge in [-0.05, 0) is 0 Å². The van der Waals surface area contributed by atoms with E-state index in [-0.39, 0.29) is 0 Å². The van der Waals surface area contributed by atoms with Crippen molar-refractivity contribution in [3.05, 3.63) is 5.21 Å². The van der Waals surface area contributed by atoms with E-state index >= 15 is 0 Å². The van der Waals surface area contributed by atoms with E-state index in [0.717, 1.165) is 0 Å². The molecule has 1 heterocycles. The number of nitrogens with zero attached hydrogens (tertiary/aromatic N) is 1. The van der Waals surface area contributed by atoms with Crippen LogP contribution in [0.2, 0.25) is 0 Å². The second-order valence-corrected chi connectivity index (χ2v) is 3.72. The molecule has 0 saturated carbocycles. The summed E-state index contributed by atoms with van der Waals surface area (Å²) in [7, 11) is 0. The highest BCUT2D eigenvalue weighted by atomic mass is 35.5. The van der Waals surface area contributed by atoms with Crippen LogP contribution in [0.15, 0.2) is 0 Å². The molecule has 13 heavy (non-hydrogen) atoms. The number of hydroxylamine groups is 2. The molecule has 1 fully saturated rings. The number of hydrogen-bond acceptors (Lipinski definition) is 2. The number of piperidine rings is 1. The second-order valence-electron chi connectivity index (χ2n) is 2.75. The lowest BCUT2D eigenvalue weighted by atomic mass is 9.97. The third-order valence-corrected chi connectivity index (χ3v) is 2.88. The van der Waals surface area contributed by atoms with Crippen LogP contribution in [0, 0.1) is 22.5 Å². The SMILES string of the molecule is N#CC1C(F)C(Cl)C(F)[NH+]([O-])C1Cl. The molecular weight excluding hydrogens is 225 g/mol. The van der Waals surface area contributed by atoms with Gasteiger partial charge in [-0.2, -0.15) is 9.65 Å². The molecular formula is C6H6Cl2F2N2O. The zero-order valence-corrected chi connectivity index (χ0v) is 7.77. The van der Waals surface area contributed by atoms with E-state index in [1.165, 1.54) is 6.07 Å². The number of hydrogen-bond donors (Lipinski definition) is 1. The summed E-state index contributed by atoms with van der Waals surface area (Å²) in [4.78, 5) is 0. The van der Waals surface area contributed by atoms with Gasteiger partial charge in [0.05, 0.1) is 6.07 Å². The molecule has 0 aromatic heterocycles. The fourth-order valence-corrected chi connectivity index (χ4v) is 1.74. The first-order chi connectivity index (χ1) is 6.00. The first-order valence-electron chi connectivity index (χ1n) is 3.50. The Morgan fingerprint density at radius 3 is 2.38 bits per heavy atom. The van der Waals surface area contributed by atoms with Gasteiger partial charge >= 0.3 is 0 Å². The van der Waals surface area contributed by atoms with Gasteiger partial charge in [0.25, 0.3) is 6.30 Å². The van der Waals surface area contributed by atoms with Crippen molar-refractivity contribution in [2.75, 3.05) is 0 Å². The molecule has 1 saturated heterocycles. The van der Waals surface area contributed by atoms with Crippen LogP contribution in [0.1, 0.15) is 0 Å². The average Bonchev–Trinajstić information content (AvgIpc) is 2.13. The normalized spacial score (nSPS) is 51.4. The zero-order chi connectivity index (χ0) is 10.2. The highest BCUT2D eigenvalue weighted by Crippen LogP contribution is 2.26. The minimum absolute atomic E-state index is 1.01. The molecule has 0 aromatic rings. The average molecular weight is 231 g/mol. The van der Waals surface area contributed by atoms with Crippen molar-refractivity contribution < 1.29 is 13.8 Å². The molecule has 1 aliphatic rings. The highest BCUT2D eigenvalue weighted by Gasteiger charge is 2.50. The first kappa shape index (κ1) is 10.9. The number of nitriles is 1. The molecule has 0 radical (unpaired) electrons. The summed E-state index contributed by atoms with van der Waals surface area (Å²) in [5.41, 5.74) is -1.44. The highest BCUT2D eigenvalue weighted by molar-refractivity contribution is 6.22. The molecule has 6 unspecified atom stereocenters. The number of rotatable bonds is 0. The van der Waals surface area contributed by atoms with E-state index in [2.05, 4.69) is 0 Å². The van der Waals surface area contributed by atoms with Crippen LogP contribution in [-0.4, -0.2) is 23.3 Å². The molecule has 0 amide bonds. The Bertz CT molecular complexity index is 221. The Balaban J connectivity index is 2.87. The summed E-state index contributed by atoms with van der Waals surface area (Å²) >= 11 is 10.6. The number of alkyl halides is 4. The fraction of sp³-hybridized carbons (Fsp3) is 0.833. The molecule has 0 aliphatic carbocycles. The lowest BCUT2D eigenvalue weighted by Crippen LogP contribution is -3.17. The largest absolute Gasteiger partial charge is 0.631 e. The van der Waals surface area contributed by atoms with Crippen LogP contribution < -0.4 is 5.06 Å². The minimum Gasteiger partial charge on any atom is -0.631 e. The predicted molar refractivity (Wildman–Crippen MR) is 42.5 cm³/mol. The van der Waals surface area contributed by atoms with Gasteiger partial charge in [0.15, 0.2) is 5.50 Å². The minimum atomic E-state index is -2.12. The Kier molecular flexibility index (Phi) is 3.30. The Morgan fingerprint density at radius 2 is 1.92 bits per heavy atom. The smallest absolute Gasteiger partial charge is 0.250 e. The fourth-order valence-electron chi connectivity index (χ4n) is 1.14. The van der Waals surface area contributed by atoms with Gasteiger partial charge in [0.2, 0.25) is 0 Å². The molecule has 0 spiro atoms. The first-order valence-corrected chi connectivity index (χ1v) is 4.37. The maximum Gasteiger partial charge on any atom is 0.250 e. The van der Waals surface area contributed by atoms with Gasteiger partial charge in [-0.1, -0.05) is 11.6 Å². The van der Waals surface area contributed by atoms with Crippen LogP contribution in [0.4, 0.5) is 8.78 Å². The Hall–Kier alpha value is -0.150. The van der Waals surface area contributed by atoms with Gasteiger partial charge in [-0.3, -0.25) is 0 Å². The summed E-state index contributed by atoms with van der Waals surface area (Å²) in [5.74, 6) is -1.36.